The van der Waals surface area contributed by atoms with Gasteiger partial charge in [0.25, 0.3) is 0 Å². The van der Waals surface area contributed by atoms with Crippen molar-refractivity contribution in [2.75, 3.05) is 7.11 Å². The molecule has 0 aliphatic heterocycles. The predicted octanol–water partition coefficient (Wildman–Crippen LogP) is 1.95. The van der Waals surface area contributed by atoms with Crippen LogP contribution in [0.4, 0.5) is 0 Å². The number of fused-ring (bicyclic) bond motifs is 1. The zero-order chi connectivity index (χ0) is 17.3. The van der Waals surface area contributed by atoms with Crippen LogP contribution >= 0.6 is 0 Å². The number of hydrogen-bond acceptors (Lipinski definition) is 5. The van der Waals surface area contributed by atoms with Gasteiger partial charge >= 0.3 is 5.97 Å². The third kappa shape index (κ3) is 2.48. The first-order valence-corrected chi connectivity index (χ1v) is 7.21. The maximum Gasteiger partial charge on any atom is 0.357 e. The molecule has 2 aromatic heterocycles. The highest BCUT2D eigenvalue weighted by molar-refractivity contribution is 6.13. The molecule has 6 nitrogen and oxygen atoms in total. The van der Waals surface area contributed by atoms with Crippen molar-refractivity contribution in [3.63, 3.8) is 0 Å². The van der Waals surface area contributed by atoms with Gasteiger partial charge in [0, 0.05) is 24.7 Å². The number of rotatable bonds is 3. The van der Waals surface area contributed by atoms with E-state index in [0.29, 0.717) is 10.9 Å². The number of ketones is 1. The van der Waals surface area contributed by atoms with Crippen LogP contribution in [0, 0.1) is 0 Å². The average molecular weight is 322 g/mol. The standard InChI is InChI=1S/C18H14N2O4/c1-20-13-8-4-3-6-11(13)15(21)10-14(20)17(22)12-7-5-9-19-16(12)18(23)24-2/h3-10H,1-2H3. The van der Waals surface area contributed by atoms with Crippen LogP contribution < -0.4 is 5.43 Å². The van der Waals surface area contributed by atoms with E-state index in [2.05, 4.69) is 9.72 Å². The molecule has 2 heterocycles. The average Bonchev–Trinajstić information content (AvgIpc) is 2.63. The lowest BCUT2D eigenvalue weighted by atomic mass is 10.0. The number of pyridine rings is 2. The van der Waals surface area contributed by atoms with Crippen molar-refractivity contribution in [2.24, 2.45) is 7.05 Å². The van der Waals surface area contributed by atoms with Crippen LogP contribution in [0.2, 0.25) is 0 Å². The van der Waals surface area contributed by atoms with Gasteiger partial charge in [-0.3, -0.25) is 9.59 Å². The number of methoxy groups -OCH3 is 1. The van der Waals surface area contributed by atoms with E-state index in [1.165, 1.54) is 25.4 Å². The molecule has 24 heavy (non-hydrogen) atoms. The van der Waals surface area contributed by atoms with Gasteiger partial charge in [0.05, 0.1) is 23.9 Å². The fraction of sp³-hybridized carbons (Fsp3) is 0.111. The number of esters is 1. The number of hydrogen-bond donors (Lipinski definition) is 0. The topological polar surface area (TPSA) is 78.3 Å². The molecule has 0 amide bonds. The number of aryl methyl sites for hydroxylation is 1. The van der Waals surface area contributed by atoms with Crippen LogP contribution in [-0.4, -0.2) is 28.4 Å². The van der Waals surface area contributed by atoms with Crippen molar-refractivity contribution in [3.05, 3.63) is 75.8 Å². The maximum atomic E-state index is 12.9. The Morgan fingerprint density at radius 3 is 2.62 bits per heavy atom. The van der Waals surface area contributed by atoms with Crippen molar-refractivity contribution in [1.29, 1.82) is 0 Å². The normalized spacial score (nSPS) is 10.6. The molecule has 0 unspecified atom stereocenters. The van der Waals surface area contributed by atoms with Gasteiger partial charge < -0.3 is 9.30 Å². The van der Waals surface area contributed by atoms with Gasteiger partial charge in [-0.25, -0.2) is 9.78 Å². The molecular weight excluding hydrogens is 308 g/mol. The summed E-state index contributed by atoms with van der Waals surface area (Å²) < 4.78 is 6.30. The van der Waals surface area contributed by atoms with Crippen molar-refractivity contribution < 1.29 is 14.3 Å². The minimum Gasteiger partial charge on any atom is -0.464 e. The molecule has 0 N–H and O–H groups in total. The lowest BCUT2D eigenvalue weighted by Gasteiger charge is -2.12. The Morgan fingerprint density at radius 2 is 1.88 bits per heavy atom. The Balaban J connectivity index is 2.23. The molecule has 120 valence electrons. The first-order valence-electron chi connectivity index (χ1n) is 7.21. The molecule has 0 aliphatic rings. The van der Waals surface area contributed by atoms with Gasteiger partial charge in [-0.1, -0.05) is 12.1 Å². The minimum atomic E-state index is -0.704. The summed E-state index contributed by atoms with van der Waals surface area (Å²) >= 11 is 0. The van der Waals surface area contributed by atoms with E-state index in [1.807, 2.05) is 0 Å². The SMILES string of the molecule is COC(=O)c1ncccc1C(=O)c1cc(=O)c2ccccc2n1C. The Morgan fingerprint density at radius 1 is 1.12 bits per heavy atom. The van der Waals surface area contributed by atoms with Crippen LogP contribution in [-0.2, 0) is 11.8 Å². The van der Waals surface area contributed by atoms with Gasteiger partial charge in [0.1, 0.15) is 0 Å². The molecule has 3 rings (SSSR count). The second kappa shape index (κ2) is 6.08. The summed E-state index contributed by atoms with van der Waals surface area (Å²) in [6.45, 7) is 0. The second-order valence-electron chi connectivity index (χ2n) is 5.19. The molecule has 6 heteroatoms. The van der Waals surface area contributed by atoms with E-state index in [9.17, 15) is 14.4 Å². The monoisotopic (exact) mass is 322 g/mol. The van der Waals surface area contributed by atoms with Crippen LogP contribution in [0.25, 0.3) is 10.9 Å². The zero-order valence-corrected chi connectivity index (χ0v) is 13.1. The fourth-order valence-electron chi connectivity index (χ4n) is 2.61. The molecule has 0 saturated heterocycles. The third-order valence-electron chi connectivity index (χ3n) is 3.82. The number of para-hydroxylation sites is 1. The largest absolute Gasteiger partial charge is 0.464 e. The quantitative estimate of drug-likeness (QED) is 0.544. The van der Waals surface area contributed by atoms with Gasteiger partial charge in [0.15, 0.2) is 11.1 Å². The highest BCUT2D eigenvalue weighted by Gasteiger charge is 2.22. The maximum absolute atomic E-state index is 12.9. The lowest BCUT2D eigenvalue weighted by molar-refractivity contribution is 0.0590. The van der Waals surface area contributed by atoms with Crippen molar-refractivity contribution >= 4 is 22.7 Å². The minimum absolute atomic E-state index is 0.0781. The summed E-state index contributed by atoms with van der Waals surface area (Å²) in [6.07, 6.45) is 1.41. The Kier molecular flexibility index (Phi) is 3.95. The van der Waals surface area contributed by atoms with E-state index in [4.69, 9.17) is 0 Å². The molecule has 0 atom stereocenters. The van der Waals surface area contributed by atoms with E-state index in [1.54, 1.807) is 41.9 Å². The lowest BCUT2D eigenvalue weighted by Crippen LogP contribution is -2.19. The zero-order valence-electron chi connectivity index (χ0n) is 13.1. The Labute approximate surface area is 137 Å². The van der Waals surface area contributed by atoms with E-state index < -0.39 is 11.8 Å². The summed E-state index contributed by atoms with van der Waals surface area (Å²) in [6, 6.07) is 11.3. The van der Waals surface area contributed by atoms with Crippen molar-refractivity contribution in [2.45, 2.75) is 0 Å². The Hall–Kier alpha value is -3.28. The second-order valence-corrected chi connectivity index (χ2v) is 5.19. The van der Waals surface area contributed by atoms with Crippen molar-refractivity contribution in [1.82, 2.24) is 9.55 Å². The van der Waals surface area contributed by atoms with Gasteiger partial charge in [-0.2, -0.15) is 0 Å². The highest BCUT2D eigenvalue weighted by Crippen LogP contribution is 2.16. The first kappa shape index (κ1) is 15.6. The number of carbonyl (C=O) groups excluding carboxylic acids is 2. The number of benzene rings is 1. The first-order chi connectivity index (χ1) is 11.5. The van der Waals surface area contributed by atoms with Crippen LogP contribution in [0.1, 0.15) is 26.5 Å². The smallest absolute Gasteiger partial charge is 0.357 e. The van der Waals surface area contributed by atoms with Crippen molar-refractivity contribution in [3.8, 4) is 0 Å². The number of nitrogens with zero attached hydrogens (tertiary/aromatic N) is 2. The van der Waals surface area contributed by atoms with E-state index in [-0.39, 0.29) is 22.4 Å². The number of aromatic nitrogens is 2. The van der Waals surface area contributed by atoms with Gasteiger partial charge in [-0.05, 0) is 24.3 Å². The molecule has 0 fully saturated rings. The number of ether oxygens (including phenoxy) is 1. The number of carbonyl (C=O) groups is 2. The Bertz CT molecular complexity index is 1020. The summed E-state index contributed by atoms with van der Waals surface area (Å²) in [7, 11) is 2.92. The molecule has 0 aliphatic carbocycles. The summed E-state index contributed by atoms with van der Waals surface area (Å²) in [5.74, 6) is -1.17. The summed E-state index contributed by atoms with van der Waals surface area (Å²) in [5, 5.41) is 0.524. The fourth-order valence-corrected chi connectivity index (χ4v) is 2.61. The van der Waals surface area contributed by atoms with Gasteiger partial charge in [0.2, 0.25) is 5.78 Å². The molecule has 0 radical (unpaired) electrons. The summed E-state index contributed by atoms with van der Waals surface area (Å²) in [5.41, 5.74) is 0.574. The third-order valence-corrected chi connectivity index (χ3v) is 3.82. The molecule has 0 spiro atoms. The van der Waals surface area contributed by atoms with Crippen LogP contribution in [0.3, 0.4) is 0 Å². The molecule has 3 aromatic rings. The van der Waals surface area contributed by atoms with Crippen LogP contribution in [0.5, 0.6) is 0 Å². The molecule has 0 bridgehead atoms. The highest BCUT2D eigenvalue weighted by atomic mass is 16.5. The molecule has 1 aromatic carbocycles. The predicted molar refractivity (Wildman–Crippen MR) is 88.2 cm³/mol. The molecular formula is C18H14N2O4. The van der Waals surface area contributed by atoms with Crippen LogP contribution in [0.15, 0.2) is 53.5 Å². The van der Waals surface area contributed by atoms with E-state index >= 15 is 0 Å². The van der Waals surface area contributed by atoms with E-state index in [0.717, 1.165) is 0 Å². The summed E-state index contributed by atoms with van der Waals surface area (Å²) in [4.78, 5) is 40.9. The molecule has 0 saturated carbocycles. The van der Waals surface area contributed by atoms with Gasteiger partial charge in [-0.15, -0.1) is 0 Å².